The second-order valence-corrected chi connectivity index (χ2v) is 6.07. The number of carbonyl (C=O) groups is 1. The van der Waals surface area contributed by atoms with Crippen LogP contribution in [0.25, 0.3) is 0 Å². The molecule has 1 fully saturated rings. The molecular weight excluding hydrogens is 297 g/mol. The summed E-state index contributed by atoms with van der Waals surface area (Å²) in [6.45, 7) is -0.0134. The van der Waals surface area contributed by atoms with E-state index in [-0.39, 0.29) is 23.9 Å². The van der Waals surface area contributed by atoms with Crippen molar-refractivity contribution in [3.05, 3.63) is 29.3 Å². The van der Waals surface area contributed by atoms with Gasteiger partial charge < -0.3 is 10.1 Å². The van der Waals surface area contributed by atoms with E-state index in [0.29, 0.717) is 10.8 Å². The smallest absolute Gasteiger partial charge is 0.258 e. The van der Waals surface area contributed by atoms with E-state index >= 15 is 0 Å². The molecule has 2 atom stereocenters. The standard InChI is InChI=1S/C15H19Cl2NO2/c16-11-5-4-6-12(9-11)20-10-15(19)18-14-8-3-1-2-7-13(14)17/h4-6,9,13-14H,1-3,7-8,10H2,(H,18,19). The molecule has 1 aliphatic rings. The number of ether oxygens (including phenoxy) is 1. The minimum atomic E-state index is -0.137. The van der Waals surface area contributed by atoms with Crippen LogP contribution in [0, 0.1) is 0 Å². The van der Waals surface area contributed by atoms with E-state index < -0.39 is 0 Å². The zero-order chi connectivity index (χ0) is 14.4. The molecule has 1 amide bonds. The minimum Gasteiger partial charge on any atom is -0.484 e. The first-order valence-electron chi connectivity index (χ1n) is 6.97. The van der Waals surface area contributed by atoms with Gasteiger partial charge in [-0.1, -0.05) is 36.9 Å². The van der Waals surface area contributed by atoms with Crippen LogP contribution >= 0.6 is 23.2 Å². The van der Waals surface area contributed by atoms with E-state index in [0.717, 1.165) is 25.7 Å². The van der Waals surface area contributed by atoms with Crippen LogP contribution in [0.4, 0.5) is 0 Å². The van der Waals surface area contributed by atoms with Gasteiger partial charge in [-0.15, -0.1) is 11.6 Å². The Labute approximate surface area is 129 Å². The third-order valence-corrected chi connectivity index (χ3v) is 4.20. The number of hydrogen-bond donors (Lipinski definition) is 1. The molecule has 3 nitrogen and oxygen atoms in total. The number of benzene rings is 1. The van der Waals surface area contributed by atoms with Crippen LogP contribution in [0.1, 0.15) is 32.1 Å². The molecule has 1 N–H and O–H groups in total. The summed E-state index contributed by atoms with van der Waals surface area (Å²) < 4.78 is 5.42. The largest absolute Gasteiger partial charge is 0.484 e. The van der Waals surface area contributed by atoms with Gasteiger partial charge in [-0.3, -0.25) is 4.79 Å². The van der Waals surface area contributed by atoms with Crippen molar-refractivity contribution in [2.24, 2.45) is 0 Å². The lowest BCUT2D eigenvalue weighted by atomic mass is 10.1. The number of rotatable bonds is 4. The first-order valence-corrected chi connectivity index (χ1v) is 7.78. The van der Waals surface area contributed by atoms with Crippen LogP contribution in [-0.2, 0) is 4.79 Å². The number of carbonyl (C=O) groups excluding carboxylic acids is 1. The van der Waals surface area contributed by atoms with Crippen molar-refractivity contribution < 1.29 is 9.53 Å². The van der Waals surface area contributed by atoms with Crippen LogP contribution in [-0.4, -0.2) is 23.9 Å². The molecule has 0 spiro atoms. The molecule has 1 saturated carbocycles. The van der Waals surface area contributed by atoms with Gasteiger partial charge in [0.2, 0.25) is 0 Å². The van der Waals surface area contributed by atoms with Crippen LogP contribution in [0.15, 0.2) is 24.3 Å². The lowest BCUT2D eigenvalue weighted by molar-refractivity contribution is -0.123. The van der Waals surface area contributed by atoms with Gasteiger partial charge in [-0.05, 0) is 31.0 Å². The third-order valence-electron chi connectivity index (χ3n) is 3.44. The van der Waals surface area contributed by atoms with Crippen molar-refractivity contribution in [3.63, 3.8) is 0 Å². The number of halogens is 2. The fraction of sp³-hybridized carbons (Fsp3) is 0.533. The lowest BCUT2D eigenvalue weighted by Crippen LogP contribution is -2.42. The molecule has 110 valence electrons. The molecule has 0 aliphatic heterocycles. The maximum atomic E-state index is 11.9. The van der Waals surface area contributed by atoms with Crippen molar-refractivity contribution in [1.82, 2.24) is 5.32 Å². The molecule has 0 heterocycles. The summed E-state index contributed by atoms with van der Waals surface area (Å²) in [5.41, 5.74) is 0. The molecule has 1 aromatic rings. The molecule has 20 heavy (non-hydrogen) atoms. The Morgan fingerprint density at radius 3 is 2.90 bits per heavy atom. The molecule has 1 aromatic carbocycles. The highest BCUT2D eigenvalue weighted by atomic mass is 35.5. The third kappa shape index (κ3) is 4.88. The second kappa shape index (κ2) is 7.75. The van der Waals surface area contributed by atoms with Gasteiger partial charge >= 0.3 is 0 Å². The van der Waals surface area contributed by atoms with Gasteiger partial charge in [0.05, 0.1) is 5.38 Å². The van der Waals surface area contributed by atoms with Crippen LogP contribution in [0.3, 0.4) is 0 Å². The Balaban J connectivity index is 1.80. The molecule has 0 aromatic heterocycles. The summed E-state index contributed by atoms with van der Waals surface area (Å²) in [4.78, 5) is 11.9. The molecule has 0 radical (unpaired) electrons. The minimum absolute atomic E-state index is 0.0134. The molecule has 5 heteroatoms. The van der Waals surface area contributed by atoms with Crippen LogP contribution in [0.2, 0.25) is 5.02 Å². The van der Waals surface area contributed by atoms with Crippen molar-refractivity contribution in [2.45, 2.75) is 43.5 Å². The van der Waals surface area contributed by atoms with E-state index in [2.05, 4.69) is 5.32 Å². The zero-order valence-corrected chi connectivity index (χ0v) is 12.8. The normalized spacial score (nSPS) is 22.9. The van der Waals surface area contributed by atoms with Crippen LogP contribution in [0.5, 0.6) is 5.75 Å². The fourth-order valence-corrected chi connectivity index (χ4v) is 2.90. The monoisotopic (exact) mass is 315 g/mol. The topological polar surface area (TPSA) is 38.3 Å². The SMILES string of the molecule is O=C(COc1cccc(Cl)c1)NC1CCCCCC1Cl. The predicted molar refractivity (Wildman–Crippen MR) is 81.6 cm³/mol. The fourth-order valence-electron chi connectivity index (χ4n) is 2.38. The van der Waals surface area contributed by atoms with Crippen molar-refractivity contribution >= 4 is 29.1 Å². The summed E-state index contributed by atoms with van der Waals surface area (Å²) in [7, 11) is 0. The van der Waals surface area contributed by atoms with Crippen LogP contribution < -0.4 is 10.1 Å². The average Bonchev–Trinajstić information content (AvgIpc) is 2.62. The molecule has 1 aliphatic carbocycles. The Morgan fingerprint density at radius 2 is 2.10 bits per heavy atom. The first kappa shape index (κ1) is 15.5. The molecule has 0 bridgehead atoms. The van der Waals surface area contributed by atoms with Gasteiger partial charge in [0.25, 0.3) is 5.91 Å². The quantitative estimate of drug-likeness (QED) is 0.678. The molecule has 2 rings (SSSR count). The van der Waals surface area contributed by atoms with Gasteiger partial charge in [-0.2, -0.15) is 0 Å². The van der Waals surface area contributed by atoms with Gasteiger partial charge in [0.15, 0.2) is 6.61 Å². The number of hydrogen-bond acceptors (Lipinski definition) is 2. The molecular formula is C15H19Cl2NO2. The lowest BCUT2D eigenvalue weighted by Gasteiger charge is -2.21. The van der Waals surface area contributed by atoms with E-state index in [9.17, 15) is 4.79 Å². The summed E-state index contributed by atoms with van der Waals surface area (Å²) in [6.07, 6.45) is 5.34. The van der Waals surface area contributed by atoms with Crippen molar-refractivity contribution in [2.75, 3.05) is 6.61 Å². The molecule has 0 saturated heterocycles. The van der Waals surface area contributed by atoms with E-state index in [1.807, 2.05) is 0 Å². The summed E-state index contributed by atoms with van der Waals surface area (Å²) in [6, 6.07) is 7.06. The van der Waals surface area contributed by atoms with Gasteiger partial charge in [-0.25, -0.2) is 0 Å². The summed E-state index contributed by atoms with van der Waals surface area (Å²) >= 11 is 12.2. The zero-order valence-electron chi connectivity index (χ0n) is 11.3. The maximum Gasteiger partial charge on any atom is 0.258 e. The Morgan fingerprint density at radius 1 is 1.30 bits per heavy atom. The van der Waals surface area contributed by atoms with E-state index in [1.54, 1.807) is 24.3 Å². The van der Waals surface area contributed by atoms with Crippen molar-refractivity contribution in [3.8, 4) is 5.75 Å². The average molecular weight is 316 g/mol. The predicted octanol–water partition coefficient (Wildman–Crippen LogP) is 3.78. The molecule has 2 unspecified atom stereocenters. The highest BCUT2D eigenvalue weighted by molar-refractivity contribution is 6.30. The van der Waals surface area contributed by atoms with Gasteiger partial charge in [0.1, 0.15) is 5.75 Å². The maximum absolute atomic E-state index is 11.9. The summed E-state index contributed by atoms with van der Waals surface area (Å²) in [5.74, 6) is 0.457. The number of nitrogens with one attached hydrogen (secondary N) is 1. The number of amides is 1. The Kier molecular flexibility index (Phi) is 5.99. The van der Waals surface area contributed by atoms with Crippen molar-refractivity contribution in [1.29, 1.82) is 0 Å². The van der Waals surface area contributed by atoms with E-state index in [4.69, 9.17) is 27.9 Å². The van der Waals surface area contributed by atoms with E-state index in [1.165, 1.54) is 6.42 Å². The second-order valence-electron chi connectivity index (χ2n) is 5.07. The summed E-state index contributed by atoms with van der Waals surface area (Å²) in [5, 5.41) is 3.58. The Bertz CT molecular complexity index is 453. The Hall–Kier alpha value is -0.930. The highest BCUT2D eigenvalue weighted by Gasteiger charge is 2.23. The van der Waals surface area contributed by atoms with Gasteiger partial charge in [0, 0.05) is 11.1 Å². The first-order chi connectivity index (χ1) is 9.65. The number of alkyl halides is 1. The highest BCUT2D eigenvalue weighted by Crippen LogP contribution is 2.22.